The van der Waals surface area contributed by atoms with Crippen molar-refractivity contribution >= 4 is 38.9 Å². The van der Waals surface area contributed by atoms with Crippen molar-refractivity contribution in [2.75, 3.05) is 38.2 Å². The fourth-order valence-corrected chi connectivity index (χ4v) is 4.24. The first-order valence-corrected chi connectivity index (χ1v) is 9.61. The smallest absolute Gasteiger partial charge is 0.253 e. The van der Waals surface area contributed by atoms with Gasteiger partial charge in [0, 0.05) is 29.0 Å². The molecule has 1 unspecified atom stereocenters. The Bertz CT molecular complexity index is 736. The van der Waals surface area contributed by atoms with E-state index in [0.29, 0.717) is 29.9 Å². The second-order valence-corrected chi connectivity index (χ2v) is 7.63. The summed E-state index contributed by atoms with van der Waals surface area (Å²) in [5.41, 5.74) is 5.63. The van der Waals surface area contributed by atoms with E-state index < -0.39 is 11.7 Å². The first-order valence-electron chi connectivity index (χ1n) is 7.94. The second kappa shape index (κ2) is 8.27. The SMILES string of the molecule is NC(=O)c1c(F)cc(Br)cc1NCC(c1cccs1)N1CCOCC1. The van der Waals surface area contributed by atoms with Crippen molar-refractivity contribution in [3.8, 4) is 0 Å². The van der Waals surface area contributed by atoms with E-state index in [4.69, 9.17) is 10.5 Å². The van der Waals surface area contributed by atoms with Crippen LogP contribution in [0.4, 0.5) is 10.1 Å². The van der Waals surface area contributed by atoms with Gasteiger partial charge in [-0.15, -0.1) is 11.3 Å². The fraction of sp³-hybridized carbons (Fsp3) is 0.353. The molecule has 134 valence electrons. The predicted octanol–water partition coefficient (Wildman–Crippen LogP) is 3.23. The highest BCUT2D eigenvalue weighted by Gasteiger charge is 2.24. The van der Waals surface area contributed by atoms with E-state index in [-0.39, 0.29) is 11.6 Å². The number of carbonyl (C=O) groups is 1. The number of nitrogens with two attached hydrogens (primary N) is 1. The summed E-state index contributed by atoms with van der Waals surface area (Å²) in [6.45, 7) is 3.59. The van der Waals surface area contributed by atoms with E-state index in [9.17, 15) is 9.18 Å². The Balaban J connectivity index is 1.83. The Labute approximate surface area is 158 Å². The lowest BCUT2D eigenvalue weighted by molar-refractivity contribution is 0.0194. The molecule has 3 rings (SSSR count). The number of anilines is 1. The zero-order valence-electron chi connectivity index (χ0n) is 13.5. The van der Waals surface area contributed by atoms with Crippen LogP contribution >= 0.6 is 27.3 Å². The third kappa shape index (κ3) is 4.38. The average Bonchev–Trinajstić information content (AvgIpc) is 3.09. The van der Waals surface area contributed by atoms with Crippen molar-refractivity contribution < 1.29 is 13.9 Å². The molecule has 1 saturated heterocycles. The van der Waals surface area contributed by atoms with Gasteiger partial charge in [-0.05, 0) is 23.6 Å². The van der Waals surface area contributed by atoms with Gasteiger partial charge in [-0.2, -0.15) is 0 Å². The van der Waals surface area contributed by atoms with Crippen LogP contribution in [0.5, 0.6) is 0 Å². The highest BCUT2D eigenvalue weighted by Crippen LogP contribution is 2.29. The molecule has 5 nitrogen and oxygen atoms in total. The van der Waals surface area contributed by atoms with Gasteiger partial charge in [-0.25, -0.2) is 4.39 Å². The van der Waals surface area contributed by atoms with Crippen LogP contribution in [-0.2, 0) is 4.74 Å². The summed E-state index contributed by atoms with van der Waals surface area (Å²) in [7, 11) is 0. The highest BCUT2D eigenvalue weighted by molar-refractivity contribution is 9.10. The van der Waals surface area contributed by atoms with Crippen LogP contribution in [-0.4, -0.2) is 43.7 Å². The average molecular weight is 428 g/mol. The molecule has 0 saturated carbocycles. The van der Waals surface area contributed by atoms with Crippen LogP contribution in [0.3, 0.4) is 0 Å². The number of ether oxygens (including phenoxy) is 1. The lowest BCUT2D eigenvalue weighted by atomic mass is 10.1. The molecule has 1 aliphatic heterocycles. The Morgan fingerprint density at radius 1 is 1.44 bits per heavy atom. The first-order chi connectivity index (χ1) is 12.1. The summed E-state index contributed by atoms with van der Waals surface area (Å²) in [5.74, 6) is -1.42. The quantitative estimate of drug-likeness (QED) is 0.742. The molecule has 0 radical (unpaired) electrons. The fourth-order valence-electron chi connectivity index (χ4n) is 2.95. The summed E-state index contributed by atoms with van der Waals surface area (Å²) in [5, 5.41) is 5.25. The van der Waals surface area contributed by atoms with Gasteiger partial charge in [0.15, 0.2) is 0 Å². The molecule has 2 aromatic rings. The van der Waals surface area contributed by atoms with Crippen molar-refractivity contribution in [2.24, 2.45) is 5.73 Å². The van der Waals surface area contributed by atoms with E-state index in [1.807, 2.05) is 11.4 Å². The van der Waals surface area contributed by atoms with Crippen LogP contribution in [0.25, 0.3) is 0 Å². The molecule has 25 heavy (non-hydrogen) atoms. The molecule has 1 aromatic carbocycles. The molecule has 3 N–H and O–H groups in total. The standard InChI is InChI=1S/C17H19BrFN3O2S/c18-11-8-12(19)16(17(20)23)13(9-11)21-10-14(15-2-1-7-25-15)22-3-5-24-6-4-22/h1-2,7-9,14,21H,3-6,10H2,(H2,20,23). The van der Waals surface area contributed by atoms with E-state index >= 15 is 0 Å². The van der Waals surface area contributed by atoms with Gasteiger partial charge in [0.2, 0.25) is 0 Å². The second-order valence-electron chi connectivity index (χ2n) is 5.73. The minimum Gasteiger partial charge on any atom is -0.382 e. The number of nitrogens with zero attached hydrogens (tertiary/aromatic N) is 1. The largest absolute Gasteiger partial charge is 0.382 e. The summed E-state index contributed by atoms with van der Waals surface area (Å²) >= 11 is 4.94. The van der Waals surface area contributed by atoms with Gasteiger partial charge < -0.3 is 15.8 Å². The monoisotopic (exact) mass is 427 g/mol. The van der Waals surface area contributed by atoms with Crippen LogP contribution in [0.15, 0.2) is 34.1 Å². The number of rotatable bonds is 6. The predicted molar refractivity (Wildman–Crippen MR) is 101 cm³/mol. The number of amides is 1. The van der Waals surface area contributed by atoms with Crippen molar-refractivity contribution in [1.29, 1.82) is 0 Å². The highest BCUT2D eigenvalue weighted by atomic mass is 79.9. The van der Waals surface area contributed by atoms with E-state index in [1.165, 1.54) is 10.9 Å². The topological polar surface area (TPSA) is 67.6 Å². The lowest BCUT2D eigenvalue weighted by Gasteiger charge is -2.34. The van der Waals surface area contributed by atoms with Gasteiger partial charge >= 0.3 is 0 Å². The minimum atomic E-state index is -0.786. The molecule has 1 amide bonds. The Morgan fingerprint density at radius 3 is 2.84 bits per heavy atom. The van der Waals surface area contributed by atoms with E-state index in [2.05, 4.69) is 32.2 Å². The van der Waals surface area contributed by atoms with Gasteiger partial charge in [0.25, 0.3) is 5.91 Å². The van der Waals surface area contributed by atoms with Gasteiger partial charge in [0.1, 0.15) is 5.82 Å². The van der Waals surface area contributed by atoms with Crippen LogP contribution < -0.4 is 11.1 Å². The third-order valence-corrected chi connectivity index (χ3v) is 5.58. The van der Waals surface area contributed by atoms with Crippen molar-refractivity contribution in [1.82, 2.24) is 4.90 Å². The number of primary amides is 1. The summed E-state index contributed by atoms with van der Waals surface area (Å²) in [6, 6.07) is 7.13. The van der Waals surface area contributed by atoms with Crippen LogP contribution in [0, 0.1) is 5.82 Å². The van der Waals surface area contributed by atoms with Gasteiger partial charge in [-0.3, -0.25) is 9.69 Å². The molecule has 1 aliphatic rings. The van der Waals surface area contributed by atoms with Crippen molar-refractivity contribution in [3.63, 3.8) is 0 Å². The van der Waals surface area contributed by atoms with Crippen LogP contribution in [0.2, 0.25) is 0 Å². The summed E-state index contributed by atoms with van der Waals surface area (Å²) < 4.78 is 20.1. The summed E-state index contributed by atoms with van der Waals surface area (Å²) in [6.07, 6.45) is 0. The Morgan fingerprint density at radius 2 is 2.20 bits per heavy atom. The number of carbonyl (C=O) groups excluding carboxylic acids is 1. The number of halogens is 2. The zero-order chi connectivity index (χ0) is 17.8. The molecular weight excluding hydrogens is 409 g/mol. The molecule has 1 atom stereocenters. The Kier molecular flexibility index (Phi) is 6.06. The van der Waals surface area contributed by atoms with Gasteiger partial charge in [0.05, 0.1) is 30.5 Å². The maximum atomic E-state index is 14.1. The minimum absolute atomic E-state index is 0.116. The third-order valence-electron chi connectivity index (χ3n) is 4.15. The maximum Gasteiger partial charge on any atom is 0.253 e. The normalized spacial score (nSPS) is 16.6. The van der Waals surface area contributed by atoms with Gasteiger partial charge in [-0.1, -0.05) is 22.0 Å². The molecule has 8 heteroatoms. The molecule has 1 fully saturated rings. The number of thiophene rings is 1. The number of hydrogen-bond acceptors (Lipinski definition) is 5. The molecule has 2 heterocycles. The molecule has 1 aromatic heterocycles. The molecule has 0 aliphatic carbocycles. The van der Waals surface area contributed by atoms with E-state index in [0.717, 1.165) is 13.1 Å². The maximum absolute atomic E-state index is 14.1. The number of benzene rings is 1. The molecule has 0 spiro atoms. The number of hydrogen-bond donors (Lipinski definition) is 2. The first kappa shape index (κ1) is 18.3. The Hall–Kier alpha value is -1.48. The number of nitrogens with one attached hydrogen (secondary N) is 1. The molecular formula is C17H19BrFN3O2S. The zero-order valence-corrected chi connectivity index (χ0v) is 15.9. The van der Waals surface area contributed by atoms with Crippen molar-refractivity contribution in [2.45, 2.75) is 6.04 Å². The molecule has 0 bridgehead atoms. The van der Waals surface area contributed by atoms with Crippen molar-refractivity contribution in [3.05, 3.63) is 50.4 Å². The lowest BCUT2D eigenvalue weighted by Crippen LogP contribution is -2.41. The number of morpholine rings is 1. The van der Waals surface area contributed by atoms with Crippen LogP contribution in [0.1, 0.15) is 21.3 Å². The van der Waals surface area contributed by atoms with E-state index in [1.54, 1.807) is 17.4 Å². The summed E-state index contributed by atoms with van der Waals surface area (Å²) in [4.78, 5) is 15.2.